The van der Waals surface area contributed by atoms with E-state index < -0.39 is 11.9 Å². The predicted octanol–water partition coefficient (Wildman–Crippen LogP) is 7.21. The maximum absolute atomic E-state index is 10.2. The summed E-state index contributed by atoms with van der Waals surface area (Å²) in [5.74, 6) is -0.776. The highest BCUT2D eigenvalue weighted by atomic mass is 16.4. The Morgan fingerprint density at radius 3 is 1.96 bits per heavy atom. The van der Waals surface area contributed by atoms with Gasteiger partial charge >= 0.3 is 5.97 Å². The zero-order chi connectivity index (χ0) is 21.6. The number of aromatic carboxylic acids is 1. The molecule has 1 aliphatic rings. The van der Waals surface area contributed by atoms with Crippen LogP contribution in [-0.2, 0) is 4.79 Å². The van der Waals surface area contributed by atoms with E-state index >= 15 is 0 Å². The van der Waals surface area contributed by atoms with Crippen molar-refractivity contribution in [2.24, 2.45) is 5.92 Å². The second kappa shape index (κ2) is 21.2. The predicted molar refractivity (Wildman–Crippen MR) is 118 cm³/mol. The number of benzene rings is 1. The lowest BCUT2D eigenvalue weighted by Crippen LogP contribution is -1.93. The Labute approximate surface area is 171 Å². The Bertz CT molecular complexity index is 499. The normalized spacial score (nSPS) is 12.7. The number of aliphatic carboxylic acids is 1. The van der Waals surface area contributed by atoms with Gasteiger partial charge in [-0.1, -0.05) is 83.2 Å². The van der Waals surface area contributed by atoms with E-state index in [1.165, 1.54) is 57.8 Å². The lowest BCUT2D eigenvalue weighted by atomic mass is 10.1. The van der Waals surface area contributed by atoms with Crippen LogP contribution in [0.3, 0.4) is 0 Å². The molecule has 0 aliphatic heterocycles. The highest BCUT2D eigenvalue weighted by Crippen LogP contribution is 2.25. The van der Waals surface area contributed by atoms with Gasteiger partial charge in [0, 0.05) is 6.92 Å². The molecule has 0 amide bonds. The fourth-order valence-electron chi connectivity index (χ4n) is 2.71. The monoisotopic (exact) mass is 392 g/mol. The molecule has 2 N–H and O–H groups in total. The van der Waals surface area contributed by atoms with Gasteiger partial charge in [0.25, 0.3) is 5.97 Å². The quantitative estimate of drug-likeness (QED) is 0.380. The molecule has 0 unspecified atom stereocenters. The molecule has 4 heteroatoms. The van der Waals surface area contributed by atoms with Crippen molar-refractivity contribution in [1.29, 1.82) is 0 Å². The second-order valence-electron chi connectivity index (χ2n) is 6.51. The number of unbranched alkanes of at least 4 members (excludes halogenated alkanes) is 4. The molecule has 0 aromatic heterocycles. The van der Waals surface area contributed by atoms with Crippen LogP contribution >= 0.6 is 0 Å². The van der Waals surface area contributed by atoms with Crippen LogP contribution in [0.4, 0.5) is 0 Å². The summed E-state index contributed by atoms with van der Waals surface area (Å²) < 4.78 is 0. The number of carbonyl (C=O) groups is 2. The van der Waals surface area contributed by atoms with E-state index in [1.807, 2.05) is 13.8 Å². The Morgan fingerprint density at radius 2 is 1.54 bits per heavy atom. The molecule has 160 valence electrons. The van der Waals surface area contributed by atoms with Crippen molar-refractivity contribution in [3.8, 4) is 0 Å². The van der Waals surface area contributed by atoms with Gasteiger partial charge < -0.3 is 10.2 Å². The van der Waals surface area contributed by atoms with Gasteiger partial charge in [-0.25, -0.2) is 4.79 Å². The summed E-state index contributed by atoms with van der Waals surface area (Å²) in [5, 5.41) is 15.8. The first-order valence-corrected chi connectivity index (χ1v) is 10.6. The second-order valence-corrected chi connectivity index (χ2v) is 6.51. The van der Waals surface area contributed by atoms with Crippen LogP contribution in [0, 0.1) is 5.92 Å². The Kier molecular flexibility index (Phi) is 21.3. The number of rotatable bonds is 7. The standard InChI is InChI=1S/C13H24.C7H6O2.C2H4O2.C2H6/c1-2-3-4-5-6-7-10-13-11-8-9-12-13;8-7(9)6-4-2-1-3-5-6;1-2(3)4;1-2/h7,10,13H,2-6,8-9,11-12H2,1H3;1-5H,(H,8,9);1H3,(H,3,4);1-2H3/b10-7+;;;. The summed E-state index contributed by atoms with van der Waals surface area (Å²) in [6, 6.07) is 8.30. The van der Waals surface area contributed by atoms with Crippen LogP contribution in [0.5, 0.6) is 0 Å². The molecular weight excluding hydrogens is 352 g/mol. The van der Waals surface area contributed by atoms with Crippen LogP contribution in [0.1, 0.15) is 95.8 Å². The SMILES string of the molecule is CC.CC(=O)O.CCCCCC/C=C/C1CCCC1.O=C(O)c1ccccc1. The lowest BCUT2D eigenvalue weighted by molar-refractivity contribution is -0.134. The summed E-state index contributed by atoms with van der Waals surface area (Å²) in [4.78, 5) is 19.2. The van der Waals surface area contributed by atoms with E-state index in [-0.39, 0.29) is 0 Å². The summed E-state index contributed by atoms with van der Waals surface area (Å²) >= 11 is 0. The van der Waals surface area contributed by atoms with Crippen LogP contribution in [0.25, 0.3) is 0 Å². The van der Waals surface area contributed by atoms with Crippen molar-refractivity contribution >= 4 is 11.9 Å². The van der Waals surface area contributed by atoms with Crippen LogP contribution in [0.15, 0.2) is 42.5 Å². The number of carboxylic acids is 2. The average Bonchev–Trinajstić information content (AvgIpc) is 3.20. The van der Waals surface area contributed by atoms with Gasteiger partial charge in [-0.05, 0) is 43.7 Å². The summed E-state index contributed by atoms with van der Waals surface area (Å²) in [6.07, 6.45) is 17.6. The zero-order valence-corrected chi connectivity index (χ0v) is 18.2. The third-order valence-electron chi connectivity index (χ3n) is 4.05. The van der Waals surface area contributed by atoms with E-state index in [4.69, 9.17) is 15.0 Å². The fourth-order valence-corrected chi connectivity index (χ4v) is 2.71. The largest absolute Gasteiger partial charge is 0.481 e. The molecular formula is C24H40O4. The van der Waals surface area contributed by atoms with Crippen molar-refractivity contribution in [2.45, 2.75) is 85.5 Å². The van der Waals surface area contributed by atoms with Crippen molar-refractivity contribution in [1.82, 2.24) is 0 Å². The Morgan fingerprint density at radius 1 is 1.00 bits per heavy atom. The molecule has 1 aliphatic carbocycles. The molecule has 0 bridgehead atoms. The molecule has 1 aromatic carbocycles. The van der Waals surface area contributed by atoms with E-state index in [0.29, 0.717) is 5.56 Å². The summed E-state index contributed by atoms with van der Waals surface area (Å²) in [7, 11) is 0. The third-order valence-corrected chi connectivity index (χ3v) is 4.05. The molecule has 1 fully saturated rings. The van der Waals surface area contributed by atoms with Gasteiger partial charge in [-0.3, -0.25) is 4.79 Å². The summed E-state index contributed by atoms with van der Waals surface area (Å²) in [5.41, 5.74) is 0.331. The Hall–Kier alpha value is -2.10. The maximum atomic E-state index is 10.2. The molecule has 2 rings (SSSR count). The van der Waals surface area contributed by atoms with Crippen molar-refractivity contribution in [3.05, 3.63) is 48.0 Å². The molecule has 1 aromatic rings. The molecule has 0 atom stereocenters. The zero-order valence-electron chi connectivity index (χ0n) is 18.2. The van der Waals surface area contributed by atoms with E-state index in [1.54, 1.807) is 30.3 Å². The van der Waals surface area contributed by atoms with E-state index in [9.17, 15) is 4.79 Å². The minimum atomic E-state index is -0.879. The number of carboxylic acid groups (broad SMARTS) is 2. The molecule has 4 nitrogen and oxygen atoms in total. The van der Waals surface area contributed by atoms with Gasteiger partial charge in [0.1, 0.15) is 0 Å². The van der Waals surface area contributed by atoms with Gasteiger partial charge in [-0.2, -0.15) is 0 Å². The number of hydrogen-bond donors (Lipinski definition) is 2. The van der Waals surface area contributed by atoms with Crippen molar-refractivity contribution < 1.29 is 19.8 Å². The highest BCUT2D eigenvalue weighted by molar-refractivity contribution is 5.87. The number of allylic oxidation sites excluding steroid dienone is 2. The van der Waals surface area contributed by atoms with Crippen LogP contribution in [-0.4, -0.2) is 22.2 Å². The minimum absolute atomic E-state index is 0.331. The molecule has 0 saturated heterocycles. The molecule has 28 heavy (non-hydrogen) atoms. The average molecular weight is 393 g/mol. The molecule has 1 saturated carbocycles. The van der Waals surface area contributed by atoms with Crippen LogP contribution in [0.2, 0.25) is 0 Å². The smallest absolute Gasteiger partial charge is 0.335 e. The van der Waals surface area contributed by atoms with E-state index in [0.717, 1.165) is 12.8 Å². The topological polar surface area (TPSA) is 74.6 Å². The fraction of sp³-hybridized carbons (Fsp3) is 0.583. The first-order valence-electron chi connectivity index (χ1n) is 10.6. The number of hydrogen-bond acceptors (Lipinski definition) is 2. The lowest BCUT2D eigenvalue weighted by Gasteiger charge is -1.99. The molecule has 0 radical (unpaired) electrons. The van der Waals surface area contributed by atoms with E-state index in [2.05, 4.69) is 19.1 Å². The van der Waals surface area contributed by atoms with Crippen LogP contribution < -0.4 is 0 Å². The van der Waals surface area contributed by atoms with Gasteiger partial charge in [0.15, 0.2) is 0 Å². The van der Waals surface area contributed by atoms with Gasteiger partial charge in [0.2, 0.25) is 0 Å². The summed E-state index contributed by atoms with van der Waals surface area (Å²) in [6.45, 7) is 7.36. The minimum Gasteiger partial charge on any atom is -0.481 e. The molecule has 0 heterocycles. The first kappa shape index (κ1) is 28.1. The Balaban J connectivity index is 0. The van der Waals surface area contributed by atoms with Crippen molar-refractivity contribution in [3.63, 3.8) is 0 Å². The third kappa shape index (κ3) is 20.2. The highest BCUT2D eigenvalue weighted by Gasteiger charge is 2.10. The van der Waals surface area contributed by atoms with Gasteiger partial charge in [-0.15, -0.1) is 0 Å². The maximum Gasteiger partial charge on any atom is 0.335 e. The first-order chi connectivity index (χ1) is 13.5. The van der Waals surface area contributed by atoms with Crippen molar-refractivity contribution in [2.75, 3.05) is 0 Å². The van der Waals surface area contributed by atoms with Gasteiger partial charge in [0.05, 0.1) is 5.56 Å². The molecule has 0 spiro atoms.